The van der Waals surface area contributed by atoms with Crippen LogP contribution >= 0.6 is 22.9 Å². The normalized spacial score (nSPS) is 12.1. The van der Waals surface area contributed by atoms with E-state index in [1.54, 1.807) is 59.3 Å². The van der Waals surface area contributed by atoms with Gasteiger partial charge in [-0.2, -0.15) is 3.22 Å². The van der Waals surface area contributed by atoms with Gasteiger partial charge in [0.15, 0.2) is 0 Å². The first-order chi connectivity index (χ1) is 10.5. The number of benzene rings is 2. The molecule has 0 fully saturated rings. The topological polar surface area (TPSA) is 96.0 Å². The Balaban J connectivity index is 2.03. The number of aliphatic carboxylic acids is 1. The van der Waals surface area contributed by atoms with Gasteiger partial charge in [0.1, 0.15) is 23.3 Å². The van der Waals surface area contributed by atoms with Crippen molar-refractivity contribution in [3.63, 3.8) is 0 Å². The van der Waals surface area contributed by atoms with E-state index in [0.29, 0.717) is 17.9 Å². The molecule has 7 heteroatoms. The predicted molar refractivity (Wildman–Crippen MR) is 89.8 cm³/mol. The third-order valence-corrected chi connectivity index (χ3v) is 3.68. The van der Waals surface area contributed by atoms with Crippen molar-refractivity contribution in [3.05, 3.63) is 54.1 Å². The fraction of sp³-hybridized carbons (Fsp3) is 0.133. The second kappa shape index (κ2) is 7.43. The Morgan fingerprint density at radius 2 is 1.64 bits per heavy atom. The number of aromatic hydroxyl groups is 1. The highest BCUT2D eigenvalue weighted by Gasteiger charge is 2.22. The van der Waals surface area contributed by atoms with E-state index < -0.39 is 12.0 Å². The van der Waals surface area contributed by atoms with Crippen LogP contribution in [-0.4, -0.2) is 25.4 Å². The van der Waals surface area contributed by atoms with E-state index in [1.165, 1.54) is 12.1 Å². The van der Waals surface area contributed by atoms with Crippen LogP contribution in [0.4, 0.5) is 0 Å². The van der Waals surface area contributed by atoms with E-state index in [-0.39, 0.29) is 5.75 Å². The van der Waals surface area contributed by atoms with Gasteiger partial charge in [-0.3, -0.25) is 10.6 Å². The summed E-state index contributed by atoms with van der Waals surface area (Å²) in [5, 5.41) is 18.3. The molecule has 0 aliphatic carbocycles. The summed E-state index contributed by atoms with van der Waals surface area (Å²) < 4.78 is 6.78. The molecule has 0 radical (unpaired) electrons. The van der Waals surface area contributed by atoms with Gasteiger partial charge in [-0.15, -0.1) is 0 Å². The number of rotatable bonds is 6. The molecule has 4 N–H and O–H groups in total. The molecule has 0 heterocycles. The molecule has 0 spiro atoms. The smallest absolute Gasteiger partial charge is 0.323 e. The van der Waals surface area contributed by atoms with Gasteiger partial charge in [-0.25, -0.2) is 0 Å². The SMILES string of the molecule is NN(I)[C@@H](Cc1ccc(Oc2ccc(O)cc2)cc1)C(=O)O. The molecule has 2 aromatic rings. The fourth-order valence-electron chi connectivity index (χ4n) is 1.85. The number of carboxylic acid groups (broad SMARTS) is 1. The summed E-state index contributed by atoms with van der Waals surface area (Å²) in [5.41, 5.74) is 0.845. The minimum absolute atomic E-state index is 0.174. The molecule has 0 bridgehead atoms. The van der Waals surface area contributed by atoms with Crippen molar-refractivity contribution in [3.8, 4) is 17.2 Å². The maximum Gasteiger partial charge on any atom is 0.323 e. The summed E-state index contributed by atoms with van der Waals surface area (Å²) in [6, 6.07) is 12.7. The van der Waals surface area contributed by atoms with E-state index in [4.69, 9.17) is 15.7 Å². The number of carbonyl (C=O) groups is 1. The molecular weight excluding hydrogens is 399 g/mol. The number of carboxylic acids is 1. The van der Waals surface area contributed by atoms with Crippen LogP contribution < -0.4 is 10.6 Å². The zero-order chi connectivity index (χ0) is 16.1. The van der Waals surface area contributed by atoms with E-state index in [9.17, 15) is 9.90 Å². The average Bonchev–Trinajstić information content (AvgIpc) is 2.48. The van der Waals surface area contributed by atoms with Crippen molar-refractivity contribution >= 4 is 28.8 Å². The zero-order valence-corrected chi connectivity index (χ0v) is 13.7. The number of phenols is 1. The van der Waals surface area contributed by atoms with E-state index in [1.807, 2.05) is 0 Å². The fourth-order valence-corrected chi connectivity index (χ4v) is 2.28. The number of halogens is 1. The summed E-state index contributed by atoms with van der Waals surface area (Å²) in [6.07, 6.45) is 0.300. The highest BCUT2D eigenvalue weighted by Crippen LogP contribution is 2.24. The van der Waals surface area contributed by atoms with Gasteiger partial charge in [-0.05, 0) is 42.0 Å². The molecule has 0 saturated heterocycles. The number of hydrogen-bond acceptors (Lipinski definition) is 5. The Hall–Kier alpha value is -1.84. The van der Waals surface area contributed by atoms with Gasteiger partial charge in [0.25, 0.3) is 0 Å². The van der Waals surface area contributed by atoms with Crippen LogP contribution in [0, 0.1) is 0 Å². The third kappa shape index (κ3) is 4.58. The Kier molecular flexibility index (Phi) is 5.58. The minimum Gasteiger partial charge on any atom is -0.508 e. The Morgan fingerprint density at radius 3 is 2.09 bits per heavy atom. The number of hydrazine groups is 1. The first-order valence-electron chi connectivity index (χ1n) is 6.44. The maximum atomic E-state index is 11.1. The molecule has 2 rings (SSSR count). The summed E-state index contributed by atoms with van der Waals surface area (Å²) in [5.74, 6) is 5.96. The lowest BCUT2D eigenvalue weighted by molar-refractivity contribution is -0.140. The maximum absolute atomic E-state index is 11.1. The van der Waals surface area contributed by atoms with Gasteiger partial charge >= 0.3 is 5.97 Å². The van der Waals surface area contributed by atoms with Crippen molar-refractivity contribution in [2.75, 3.05) is 0 Å². The summed E-state index contributed by atoms with van der Waals surface area (Å²) >= 11 is 1.76. The molecular formula is C15H15IN2O4. The van der Waals surface area contributed by atoms with Crippen molar-refractivity contribution in [2.24, 2.45) is 5.84 Å². The lowest BCUT2D eigenvalue weighted by atomic mass is 10.1. The van der Waals surface area contributed by atoms with Crippen LogP contribution in [0.1, 0.15) is 5.56 Å². The standard InChI is InChI=1S/C15H15IN2O4/c16-18(17)14(15(20)21)9-10-1-5-12(6-2-10)22-13-7-3-11(19)4-8-13/h1-8,14,19H,9,17H2,(H,20,21)/t14-/m0/s1. The lowest BCUT2D eigenvalue weighted by Crippen LogP contribution is -2.40. The zero-order valence-electron chi connectivity index (χ0n) is 11.5. The Bertz CT molecular complexity index is 629. The van der Waals surface area contributed by atoms with Gasteiger partial charge in [0.05, 0.1) is 0 Å². The molecule has 0 unspecified atom stereocenters. The number of phenolic OH excluding ortho intramolecular Hbond substituents is 1. The van der Waals surface area contributed by atoms with Crippen LogP contribution in [0.3, 0.4) is 0 Å². The third-order valence-electron chi connectivity index (χ3n) is 3.01. The number of hydrogen-bond donors (Lipinski definition) is 3. The van der Waals surface area contributed by atoms with E-state index in [2.05, 4.69) is 0 Å². The summed E-state index contributed by atoms with van der Waals surface area (Å²) in [6.45, 7) is 0. The van der Waals surface area contributed by atoms with E-state index >= 15 is 0 Å². The molecule has 2 aromatic carbocycles. The first kappa shape index (κ1) is 16.5. The Labute approximate surface area is 141 Å². The highest BCUT2D eigenvalue weighted by atomic mass is 127. The number of nitrogens with two attached hydrogens (primary N) is 1. The molecule has 6 nitrogen and oxygen atoms in total. The van der Waals surface area contributed by atoms with Gasteiger partial charge in [0, 0.05) is 29.3 Å². The molecule has 116 valence electrons. The Morgan fingerprint density at radius 1 is 1.14 bits per heavy atom. The van der Waals surface area contributed by atoms with Gasteiger partial charge in [-0.1, -0.05) is 12.1 Å². The molecule has 1 atom stereocenters. The van der Waals surface area contributed by atoms with Crippen molar-refractivity contribution in [1.29, 1.82) is 0 Å². The molecule has 0 aromatic heterocycles. The molecule has 0 aliphatic heterocycles. The second-order valence-corrected chi connectivity index (χ2v) is 5.76. The average molecular weight is 414 g/mol. The number of nitrogens with zero attached hydrogens (tertiary/aromatic N) is 1. The van der Waals surface area contributed by atoms with Crippen molar-refractivity contribution in [2.45, 2.75) is 12.5 Å². The van der Waals surface area contributed by atoms with Crippen molar-refractivity contribution < 1.29 is 19.7 Å². The lowest BCUT2D eigenvalue weighted by Gasteiger charge is -2.17. The predicted octanol–water partition coefficient (Wildman–Crippen LogP) is 2.71. The van der Waals surface area contributed by atoms with Crippen LogP contribution in [0.2, 0.25) is 0 Å². The van der Waals surface area contributed by atoms with Crippen molar-refractivity contribution in [1.82, 2.24) is 3.22 Å². The highest BCUT2D eigenvalue weighted by molar-refractivity contribution is 14.1. The second-order valence-electron chi connectivity index (χ2n) is 4.64. The number of ether oxygens (including phenoxy) is 1. The van der Waals surface area contributed by atoms with Crippen LogP contribution in [0.25, 0.3) is 0 Å². The largest absolute Gasteiger partial charge is 0.508 e. The first-order valence-corrected chi connectivity index (χ1v) is 7.40. The minimum atomic E-state index is -0.971. The molecule has 22 heavy (non-hydrogen) atoms. The quantitative estimate of drug-likeness (QED) is 0.291. The molecule has 0 amide bonds. The summed E-state index contributed by atoms with van der Waals surface area (Å²) in [7, 11) is 0. The van der Waals surface area contributed by atoms with Crippen LogP contribution in [0.15, 0.2) is 48.5 Å². The van der Waals surface area contributed by atoms with Crippen LogP contribution in [0.5, 0.6) is 17.2 Å². The summed E-state index contributed by atoms with van der Waals surface area (Å²) in [4.78, 5) is 11.1. The molecule has 0 aliphatic rings. The van der Waals surface area contributed by atoms with Crippen LogP contribution in [-0.2, 0) is 11.2 Å². The van der Waals surface area contributed by atoms with Gasteiger partial charge < -0.3 is 14.9 Å². The monoisotopic (exact) mass is 414 g/mol. The van der Waals surface area contributed by atoms with Gasteiger partial charge in [0.2, 0.25) is 0 Å². The van der Waals surface area contributed by atoms with E-state index in [0.717, 1.165) is 8.79 Å². The molecule has 0 saturated carbocycles.